The second-order valence-electron chi connectivity index (χ2n) is 5.98. The second kappa shape index (κ2) is 6.35. The van der Waals surface area contributed by atoms with Crippen LogP contribution < -0.4 is 0 Å². The van der Waals surface area contributed by atoms with E-state index in [0.717, 1.165) is 11.3 Å². The average molecular weight is 326 g/mol. The molecule has 1 aliphatic rings. The van der Waals surface area contributed by atoms with Gasteiger partial charge in [-0.3, -0.25) is 9.59 Å². The summed E-state index contributed by atoms with van der Waals surface area (Å²) < 4.78 is 10.7. The van der Waals surface area contributed by atoms with E-state index < -0.39 is 17.4 Å². The third-order valence-corrected chi connectivity index (χ3v) is 4.34. The highest BCUT2D eigenvalue weighted by molar-refractivity contribution is 6.03. The van der Waals surface area contributed by atoms with E-state index >= 15 is 0 Å². The van der Waals surface area contributed by atoms with Gasteiger partial charge in [-0.1, -0.05) is 36.4 Å². The van der Waals surface area contributed by atoms with E-state index in [0.29, 0.717) is 12.0 Å². The number of furan rings is 1. The van der Waals surface area contributed by atoms with Gasteiger partial charge in [0, 0.05) is 17.9 Å². The molecule has 1 saturated carbocycles. The lowest BCUT2D eigenvalue weighted by molar-refractivity contribution is -0.162. The molecule has 124 valence electrons. The van der Waals surface area contributed by atoms with Crippen molar-refractivity contribution in [1.82, 2.24) is 0 Å². The predicted molar refractivity (Wildman–Crippen MR) is 86.1 cm³/mol. The molecule has 1 heterocycles. The van der Waals surface area contributed by atoms with E-state index in [9.17, 15) is 14.7 Å². The Hall–Kier alpha value is -2.82. The van der Waals surface area contributed by atoms with Crippen molar-refractivity contribution >= 4 is 11.9 Å². The van der Waals surface area contributed by atoms with Crippen LogP contribution in [0.2, 0.25) is 0 Å². The van der Waals surface area contributed by atoms with Crippen LogP contribution in [0.1, 0.15) is 23.3 Å². The lowest BCUT2D eigenvalue weighted by Gasteiger charge is -2.10. The van der Waals surface area contributed by atoms with Gasteiger partial charge in [0.05, 0.1) is 6.26 Å². The van der Waals surface area contributed by atoms with E-state index in [-0.39, 0.29) is 18.9 Å². The topological polar surface area (TPSA) is 76.7 Å². The quantitative estimate of drug-likeness (QED) is 0.480. The molecule has 24 heavy (non-hydrogen) atoms. The molecule has 0 bridgehead atoms. The van der Waals surface area contributed by atoms with E-state index in [1.807, 2.05) is 36.4 Å². The summed E-state index contributed by atoms with van der Waals surface area (Å²) in [4.78, 5) is 23.5. The van der Waals surface area contributed by atoms with Crippen LogP contribution >= 0.6 is 0 Å². The summed E-state index contributed by atoms with van der Waals surface area (Å²) in [6.45, 7) is 3.55. The van der Waals surface area contributed by atoms with Crippen LogP contribution in [0.15, 0.2) is 59.7 Å². The Morgan fingerprint density at radius 1 is 1.33 bits per heavy atom. The number of rotatable bonds is 7. The van der Waals surface area contributed by atoms with E-state index in [4.69, 9.17) is 9.15 Å². The van der Waals surface area contributed by atoms with Gasteiger partial charge in [0.15, 0.2) is 5.41 Å². The van der Waals surface area contributed by atoms with Crippen molar-refractivity contribution < 1.29 is 23.8 Å². The summed E-state index contributed by atoms with van der Waals surface area (Å²) >= 11 is 0. The molecule has 1 fully saturated rings. The minimum Gasteiger partial charge on any atom is -0.480 e. The smallest absolute Gasteiger partial charge is 0.324 e. The van der Waals surface area contributed by atoms with Gasteiger partial charge in [0.1, 0.15) is 12.4 Å². The molecule has 3 rings (SSSR count). The molecule has 0 aliphatic heterocycles. The normalized spacial score (nSPS) is 21.9. The fraction of sp³-hybridized carbons (Fsp3) is 0.263. The Morgan fingerprint density at radius 3 is 2.71 bits per heavy atom. The summed E-state index contributed by atoms with van der Waals surface area (Å²) in [6.07, 6.45) is 3.91. The van der Waals surface area contributed by atoms with Crippen molar-refractivity contribution in [3.05, 3.63) is 72.2 Å². The Labute approximate surface area is 139 Å². The number of hydrogen-bond donors (Lipinski definition) is 1. The standard InChI is InChI=1S/C19H18O5/c1-2-15-10-19(15,17(20)21)18(22)24-12-14-9-16(23-11-14)8-13-6-4-3-5-7-13/h2-7,9,11,15H,1,8,10,12H2,(H,20,21). The van der Waals surface area contributed by atoms with Crippen molar-refractivity contribution in [3.8, 4) is 0 Å². The first-order chi connectivity index (χ1) is 11.6. The summed E-state index contributed by atoms with van der Waals surface area (Å²) in [5.74, 6) is -1.48. The maximum atomic E-state index is 12.1. The molecule has 0 radical (unpaired) electrons. The monoisotopic (exact) mass is 326 g/mol. The summed E-state index contributed by atoms with van der Waals surface area (Å²) in [6, 6.07) is 11.7. The molecule has 2 unspecified atom stereocenters. The molecule has 5 nitrogen and oxygen atoms in total. The van der Waals surface area contributed by atoms with Crippen LogP contribution in [0.25, 0.3) is 0 Å². The zero-order chi connectivity index (χ0) is 17.2. The van der Waals surface area contributed by atoms with Gasteiger partial charge in [0.25, 0.3) is 0 Å². The summed E-state index contributed by atoms with van der Waals surface area (Å²) in [7, 11) is 0. The van der Waals surface area contributed by atoms with Gasteiger partial charge in [-0.2, -0.15) is 0 Å². The first-order valence-corrected chi connectivity index (χ1v) is 7.69. The van der Waals surface area contributed by atoms with Crippen LogP contribution in [0.5, 0.6) is 0 Å². The highest BCUT2D eigenvalue weighted by Crippen LogP contribution is 2.54. The van der Waals surface area contributed by atoms with E-state index in [2.05, 4.69) is 6.58 Å². The number of hydrogen-bond acceptors (Lipinski definition) is 4. The molecule has 0 spiro atoms. The zero-order valence-electron chi connectivity index (χ0n) is 13.1. The largest absolute Gasteiger partial charge is 0.480 e. The first-order valence-electron chi connectivity index (χ1n) is 7.69. The molecule has 1 aromatic carbocycles. The number of carbonyl (C=O) groups is 2. The van der Waals surface area contributed by atoms with Gasteiger partial charge in [0.2, 0.25) is 0 Å². The van der Waals surface area contributed by atoms with E-state index in [1.54, 1.807) is 0 Å². The van der Waals surface area contributed by atoms with Crippen molar-refractivity contribution in [3.63, 3.8) is 0 Å². The minimum atomic E-state index is -1.46. The van der Waals surface area contributed by atoms with Crippen LogP contribution in [-0.2, 0) is 27.4 Å². The Kier molecular flexibility index (Phi) is 4.25. The van der Waals surface area contributed by atoms with Gasteiger partial charge in [-0.25, -0.2) is 0 Å². The third kappa shape index (κ3) is 2.97. The van der Waals surface area contributed by atoms with Crippen LogP contribution in [0, 0.1) is 11.3 Å². The molecule has 1 N–H and O–H groups in total. The molecule has 2 atom stereocenters. The van der Waals surface area contributed by atoms with Crippen LogP contribution in [-0.4, -0.2) is 17.0 Å². The number of ether oxygens (including phenoxy) is 1. The van der Waals surface area contributed by atoms with E-state index in [1.165, 1.54) is 12.3 Å². The van der Waals surface area contributed by atoms with Gasteiger partial charge in [-0.05, 0) is 18.1 Å². The molecule has 0 saturated heterocycles. The summed E-state index contributed by atoms with van der Waals surface area (Å²) in [5.41, 5.74) is 0.357. The molecule has 1 aliphatic carbocycles. The molecule has 1 aromatic heterocycles. The van der Waals surface area contributed by atoms with Crippen molar-refractivity contribution in [2.75, 3.05) is 0 Å². The fourth-order valence-electron chi connectivity index (χ4n) is 2.81. The molecule has 5 heteroatoms. The number of carbonyl (C=O) groups excluding carboxylic acids is 1. The molecular weight excluding hydrogens is 308 g/mol. The number of carboxylic acids is 1. The zero-order valence-corrected chi connectivity index (χ0v) is 13.1. The Balaban J connectivity index is 1.59. The summed E-state index contributed by atoms with van der Waals surface area (Å²) in [5, 5.41) is 9.27. The predicted octanol–water partition coefficient (Wildman–Crippen LogP) is 3.19. The highest BCUT2D eigenvalue weighted by atomic mass is 16.5. The average Bonchev–Trinajstić information content (AvgIpc) is 3.19. The fourth-order valence-corrected chi connectivity index (χ4v) is 2.81. The minimum absolute atomic E-state index is 0.00395. The Bertz CT molecular complexity index is 761. The SMILES string of the molecule is C=CC1CC1(C(=O)O)C(=O)OCc1coc(Cc2ccccc2)c1. The third-order valence-electron chi connectivity index (χ3n) is 4.34. The number of benzene rings is 1. The van der Waals surface area contributed by atoms with Gasteiger partial charge in [-0.15, -0.1) is 6.58 Å². The maximum Gasteiger partial charge on any atom is 0.324 e. The van der Waals surface area contributed by atoms with Crippen molar-refractivity contribution in [2.24, 2.45) is 11.3 Å². The molecule has 0 amide bonds. The van der Waals surface area contributed by atoms with Crippen molar-refractivity contribution in [1.29, 1.82) is 0 Å². The van der Waals surface area contributed by atoms with Gasteiger partial charge >= 0.3 is 11.9 Å². The van der Waals surface area contributed by atoms with Crippen LogP contribution in [0.3, 0.4) is 0 Å². The second-order valence-corrected chi connectivity index (χ2v) is 5.98. The lowest BCUT2D eigenvalue weighted by Crippen LogP contribution is -2.29. The molecular formula is C19H18O5. The highest BCUT2D eigenvalue weighted by Gasteiger charge is 2.66. The molecule has 2 aromatic rings. The number of carboxylic acid groups (broad SMARTS) is 1. The van der Waals surface area contributed by atoms with Crippen molar-refractivity contribution in [2.45, 2.75) is 19.4 Å². The lowest BCUT2D eigenvalue weighted by atomic mass is 10.0. The van der Waals surface area contributed by atoms with Gasteiger partial charge < -0.3 is 14.3 Å². The number of aliphatic carboxylic acids is 1. The number of esters is 1. The first kappa shape index (κ1) is 16.1. The maximum absolute atomic E-state index is 12.1. The van der Waals surface area contributed by atoms with Crippen LogP contribution in [0.4, 0.5) is 0 Å². The number of allylic oxidation sites excluding steroid dienone is 1. The Morgan fingerprint density at radius 2 is 2.08 bits per heavy atom.